The molecule has 0 atom stereocenters. The van der Waals surface area contributed by atoms with Crippen LogP contribution in [0.5, 0.6) is 0 Å². The molecule has 0 radical (unpaired) electrons. The van der Waals surface area contributed by atoms with Crippen molar-refractivity contribution in [2.75, 3.05) is 30.8 Å². The van der Waals surface area contributed by atoms with Crippen molar-refractivity contribution in [1.82, 2.24) is 13.9 Å². The molecule has 2 heterocycles. The first kappa shape index (κ1) is 43.0. The number of sulfonamides is 1. The topological polar surface area (TPSA) is 153 Å². The van der Waals surface area contributed by atoms with Gasteiger partial charge in [-0.1, -0.05) is 121 Å². The van der Waals surface area contributed by atoms with Crippen LogP contribution in [0, 0.1) is 29.6 Å². The van der Waals surface area contributed by atoms with Gasteiger partial charge in [0.1, 0.15) is 17.7 Å². The number of hydrogen-bond donors (Lipinski definition) is 1. The van der Waals surface area contributed by atoms with Gasteiger partial charge in [0.2, 0.25) is 10.0 Å². The molecule has 1 aliphatic rings. The van der Waals surface area contributed by atoms with Crippen LogP contribution >= 0.6 is 0 Å². The first-order valence-corrected chi connectivity index (χ1v) is 21.8. The number of fused-ring (bicyclic) bond motifs is 1. The fourth-order valence-corrected chi connectivity index (χ4v) is 7.66. The highest BCUT2D eigenvalue weighted by atomic mass is 32.2. The number of aryl methyl sites for hydroxylation is 1. The highest BCUT2D eigenvalue weighted by Gasteiger charge is 2.35. The number of nitriles is 2. The van der Waals surface area contributed by atoms with Crippen LogP contribution in [-0.2, 0) is 16.6 Å². The van der Waals surface area contributed by atoms with Gasteiger partial charge in [-0.15, -0.1) is 0 Å². The van der Waals surface area contributed by atoms with Crippen molar-refractivity contribution < 1.29 is 8.42 Å². The molecule has 2 aromatic carbocycles. The number of aliphatic imine (C=N–C) groups is 1. The van der Waals surface area contributed by atoms with E-state index in [1.54, 1.807) is 0 Å². The minimum atomic E-state index is -3.32. The molecule has 3 aromatic rings. The van der Waals surface area contributed by atoms with Crippen molar-refractivity contribution in [3.05, 3.63) is 91.8 Å². The Kier molecular flexibility index (Phi) is 16.7. The van der Waals surface area contributed by atoms with Crippen molar-refractivity contribution in [2.24, 2.45) is 4.99 Å². The molecular weight excluding hydrogens is 711 g/mol. The summed E-state index contributed by atoms with van der Waals surface area (Å²) in [4.78, 5) is 35.1. The Hall–Kier alpha value is -4.78. The Balaban J connectivity index is 1.58. The predicted octanol–water partition coefficient (Wildman–Crippen LogP) is 8.07. The lowest BCUT2D eigenvalue weighted by molar-refractivity contribution is 0.512. The maximum atomic E-state index is 14.3. The van der Waals surface area contributed by atoms with Crippen LogP contribution in [0.25, 0.3) is 11.1 Å². The molecule has 1 N–H and O–H groups in total. The summed E-state index contributed by atoms with van der Waals surface area (Å²) in [5.41, 5.74) is 1.62. The van der Waals surface area contributed by atoms with Crippen LogP contribution in [0.4, 0.5) is 11.4 Å². The summed E-state index contributed by atoms with van der Waals surface area (Å²) in [6.45, 7) is 7.63. The molecule has 0 bridgehead atoms. The van der Waals surface area contributed by atoms with E-state index in [2.05, 4.69) is 17.7 Å². The third-order valence-electron chi connectivity index (χ3n) is 10.2. The summed E-state index contributed by atoms with van der Waals surface area (Å²) in [7, 11) is -3.32. The fraction of sp³-hybridized carbons (Fsp3) is 0.512. The third-order valence-corrected chi connectivity index (χ3v) is 10.9. The zero-order valence-corrected chi connectivity index (χ0v) is 33.9. The smallest absolute Gasteiger partial charge is 0.337 e. The van der Waals surface area contributed by atoms with E-state index in [0.29, 0.717) is 36.3 Å². The van der Waals surface area contributed by atoms with Gasteiger partial charge >= 0.3 is 5.69 Å². The van der Waals surface area contributed by atoms with Gasteiger partial charge in [0.15, 0.2) is 5.84 Å². The fourth-order valence-electron chi connectivity index (χ4n) is 7.19. The molecule has 0 spiro atoms. The monoisotopic (exact) mass is 767 g/mol. The number of nitrogens with zero attached hydrogens (tertiary/aromatic N) is 6. The molecule has 0 fully saturated rings. The normalized spacial score (nSPS) is 13.2. The van der Waals surface area contributed by atoms with Gasteiger partial charge < -0.3 is 4.90 Å². The van der Waals surface area contributed by atoms with Crippen molar-refractivity contribution in [2.45, 2.75) is 117 Å². The lowest BCUT2D eigenvalue weighted by atomic mass is 9.99. The van der Waals surface area contributed by atoms with Gasteiger partial charge in [-0.2, -0.15) is 10.5 Å². The van der Waals surface area contributed by atoms with E-state index in [0.717, 1.165) is 41.3 Å². The van der Waals surface area contributed by atoms with Crippen molar-refractivity contribution >= 4 is 38.4 Å². The number of nitrogens with one attached hydrogen (secondary N) is 1. The zero-order valence-electron chi connectivity index (χ0n) is 33.1. The van der Waals surface area contributed by atoms with Crippen LogP contribution in [-0.4, -0.2) is 49.3 Å². The van der Waals surface area contributed by atoms with Crippen molar-refractivity contribution in [3.63, 3.8) is 0 Å². The minimum Gasteiger partial charge on any atom is -0.370 e. The Morgan fingerprint density at radius 2 is 1.42 bits per heavy atom. The van der Waals surface area contributed by atoms with E-state index >= 15 is 0 Å². The van der Waals surface area contributed by atoms with Crippen LogP contribution in [0.2, 0.25) is 0 Å². The van der Waals surface area contributed by atoms with Crippen LogP contribution in [0.1, 0.15) is 126 Å². The van der Waals surface area contributed by atoms with Gasteiger partial charge in [-0.25, -0.2) is 27.5 Å². The quantitative estimate of drug-likeness (QED) is 0.0958. The van der Waals surface area contributed by atoms with Crippen LogP contribution < -0.4 is 20.9 Å². The lowest BCUT2D eigenvalue weighted by Crippen LogP contribution is -2.44. The van der Waals surface area contributed by atoms with Gasteiger partial charge in [0.05, 0.1) is 23.2 Å². The Morgan fingerprint density at radius 1 is 0.818 bits per heavy atom. The largest absolute Gasteiger partial charge is 0.370 e. The Morgan fingerprint density at radius 3 is 1.95 bits per heavy atom. The number of anilines is 1. The number of hydrogen-bond acceptors (Lipinski definition) is 8. The average Bonchev–Trinajstić information content (AvgIpc) is 3.49. The summed E-state index contributed by atoms with van der Waals surface area (Å²) in [5.74, 6) is 0.175. The van der Waals surface area contributed by atoms with Crippen molar-refractivity contribution in [1.29, 1.82) is 10.5 Å². The summed E-state index contributed by atoms with van der Waals surface area (Å²) in [6.07, 6.45) is 17.7. The summed E-state index contributed by atoms with van der Waals surface area (Å²) in [5, 5.41) is 20.8. The maximum absolute atomic E-state index is 14.3. The van der Waals surface area contributed by atoms with Crippen molar-refractivity contribution in [3.8, 4) is 12.1 Å². The number of allylic oxidation sites excluding steroid dienone is 2. The summed E-state index contributed by atoms with van der Waals surface area (Å²) in [6, 6.07) is 18.9. The second-order valence-corrected chi connectivity index (χ2v) is 16.2. The molecule has 11 nitrogen and oxygen atoms in total. The molecule has 0 unspecified atom stereocenters. The van der Waals surface area contributed by atoms with E-state index < -0.39 is 21.3 Å². The molecule has 0 saturated heterocycles. The first-order chi connectivity index (χ1) is 26.6. The van der Waals surface area contributed by atoms with Gasteiger partial charge in [0, 0.05) is 37.4 Å². The molecule has 55 heavy (non-hydrogen) atoms. The highest BCUT2D eigenvalue weighted by Crippen LogP contribution is 2.36. The standard InChI is InChI=1S/C43H57N7O4S/c1-5-7-8-9-10-11-12-13-14-15-16-17-18-22-28-49-42(51)37(32-45)40-36(31-44)39(34-23-20-19-21-24-34)41(50(40)43(49)52)47-38-26-25-35(30-33(38)3)48(6-2)29-27-46-55(4,53)54/h19-21,23-26,30,46H,5-18,22,27-29H2,1-4H3. The van der Waals surface area contributed by atoms with E-state index in [1.807, 2.05) is 73.3 Å². The Bertz CT molecular complexity index is 2140. The first-order valence-electron chi connectivity index (χ1n) is 20.0. The summed E-state index contributed by atoms with van der Waals surface area (Å²) >= 11 is 0. The number of rotatable bonds is 23. The molecule has 0 amide bonds. The minimum absolute atomic E-state index is 0.0281. The van der Waals surface area contributed by atoms with E-state index in [-0.39, 0.29) is 35.8 Å². The third kappa shape index (κ3) is 11.6. The molecule has 1 aromatic heterocycles. The molecule has 294 valence electrons. The van der Waals surface area contributed by atoms with E-state index in [9.17, 15) is 28.5 Å². The molecule has 0 saturated carbocycles. The maximum Gasteiger partial charge on any atom is 0.337 e. The molecule has 4 rings (SSSR count). The van der Waals surface area contributed by atoms with Gasteiger partial charge in [-0.3, -0.25) is 9.36 Å². The SMILES string of the molecule is CCCCCCCCCCCCCCCCn1c(=O)c(C#N)c2n(c1=O)C(=Nc1ccc(N(CC)CCNS(C)(=O)=O)cc1C)C(c1ccccc1)=C2C#N. The van der Waals surface area contributed by atoms with Gasteiger partial charge in [-0.05, 0) is 49.6 Å². The number of unbranched alkanes of at least 4 members (excludes halogenated alkanes) is 13. The Labute approximate surface area is 327 Å². The number of benzene rings is 2. The lowest BCUT2D eigenvalue weighted by Gasteiger charge is -2.24. The number of aromatic nitrogens is 2. The second-order valence-electron chi connectivity index (χ2n) is 14.4. The van der Waals surface area contributed by atoms with Gasteiger partial charge in [0.25, 0.3) is 5.56 Å². The molecule has 12 heteroatoms. The predicted molar refractivity (Wildman–Crippen MR) is 223 cm³/mol. The highest BCUT2D eigenvalue weighted by molar-refractivity contribution is 7.88. The molecular formula is C43H57N7O4S. The van der Waals surface area contributed by atoms with E-state index in [1.165, 1.54) is 68.8 Å². The summed E-state index contributed by atoms with van der Waals surface area (Å²) < 4.78 is 28.1. The number of likely N-dealkylation sites (N-methyl/N-ethyl adjacent to an activating group) is 1. The van der Waals surface area contributed by atoms with E-state index in [4.69, 9.17) is 4.99 Å². The average molecular weight is 768 g/mol. The molecule has 0 aliphatic carbocycles. The van der Waals surface area contributed by atoms with Crippen LogP contribution in [0.15, 0.2) is 63.1 Å². The zero-order chi connectivity index (χ0) is 39.8. The molecule has 1 aliphatic heterocycles. The van der Waals surface area contributed by atoms with Crippen LogP contribution in [0.3, 0.4) is 0 Å². The second kappa shape index (κ2) is 21.3.